The molecule has 1 unspecified atom stereocenters. The summed E-state index contributed by atoms with van der Waals surface area (Å²) in [6.45, 7) is 2.04. The van der Waals surface area contributed by atoms with Crippen molar-refractivity contribution in [1.82, 2.24) is 10.3 Å². The van der Waals surface area contributed by atoms with Crippen LogP contribution in [0.1, 0.15) is 18.2 Å². The van der Waals surface area contributed by atoms with Crippen molar-refractivity contribution in [3.63, 3.8) is 0 Å². The third kappa shape index (κ3) is 1.74. The second-order valence-corrected chi connectivity index (χ2v) is 4.13. The van der Waals surface area contributed by atoms with Crippen LogP contribution in [0.5, 0.6) is 0 Å². The molecule has 3 nitrogen and oxygen atoms in total. The fourth-order valence-electron chi connectivity index (χ4n) is 2.08. The van der Waals surface area contributed by atoms with E-state index in [0.717, 1.165) is 36.7 Å². The Morgan fingerprint density at radius 3 is 2.88 bits per heavy atom. The van der Waals surface area contributed by atoms with Gasteiger partial charge in [0.05, 0.1) is 0 Å². The molecule has 0 amide bonds. The average molecular weight is 214 g/mol. The molecule has 3 heteroatoms. The van der Waals surface area contributed by atoms with Gasteiger partial charge in [0.1, 0.15) is 12.0 Å². The molecule has 0 radical (unpaired) electrons. The number of rotatable bonds is 2. The Kier molecular flexibility index (Phi) is 2.46. The van der Waals surface area contributed by atoms with Gasteiger partial charge in [0, 0.05) is 18.0 Å². The Morgan fingerprint density at radius 1 is 1.25 bits per heavy atom. The Bertz CT molecular complexity index is 458. The van der Waals surface area contributed by atoms with E-state index in [9.17, 15) is 0 Å². The Hall–Kier alpha value is -1.61. The molecule has 3 rings (SSSR count). The van der Waals surface area contributed by atoms with E-state index in [1.165, 1.54) is 0 Å². The van der Waals surface area contributed by atoms with Crippen LogP contribution in [0.4, 0.5) is 0 Å². The van der Waals surface area contributed by atoms with Gasteiger partial charge >= 0.3 is 0 Å². The first-order valence-electron chi connectivity index (χ1n) is 5.65. The highest BCUT2D eigenvalue weighted by Gasteiger charge is 2.21. The predicted octanol–water partition coefficient (Wildman–Crippen LogP) is 2.42. The number of hydrogen-bond donors (Lipinski definition) is 1. The van der Waals surface area contributed by atoms with Gasteiger partial charge in [-0.15, -0.1) is 0 Å². The monoisotopic (exact) mass is 214 g/mol. The lowest BCUT2D eigenvalue weighted by molar-refractivity contribution is 0.457. The van der Waals surface area contributed by atoms with Gasteiger partial charge in [0.2, 0.25) is 0 Å². The first-order chi connectivity index (χ1) is 7.93. The molecule has 1 aromatic heterocycles. The Balaban J connectivity index is 1.87. The molecule has 82 valence electrons. The van der Waals surface area contributed by atoms with Crippen LogP contribution in [0.15, 0.2) is 41.0 Å². The maximum absolute atomic E-state index is 5.55. The van der Waals surface area contributed by atoms with Crippen LogP contribution in [-0.4, -0.2) is 18.1 Å². The van der Waals surface area contributed by atoms with Gasteiger partial charge < -0.3 is 9.73 Å². The summed E-state index contributed by atoms with van der Waals surface area (Å²) in [6.07, 6.45) is 2.87. The molecule has 1 saturated heterocycles. The fourth-order valence-corrected chi connectivity index (χ4v) is 2.08. The molecular formula is C13H14N2O. The largest absolute Gasteiger partial charge is 0.448 e. The van der Waals surface area contributed by atoms with Gasteiger partial charge in [0.15, 0.2) is 5.89 Å². The predicted molar refractivity (Wildman–Crippen MR) is 62.2 cm³/mol. The van der Waals surface area contributed by atoms with E-state index < -0.39 is 0 Å². The van der Waals surface area contributed by atoms with E-state index in [1.807, 2.05) is 18.2 Å². The molecule has 1 aliphatic heterocycles. The molecule has 2 heterocycles. The number of nitrogens with one attached hydrogen (secondary N) is 1. The molecule has 1 aliphatic rings. The van der Waals surface area contributed by atoms with Crippen molar-refractivity contribution >= 4 is 0 Å². The summed E-state index contributed by atoms with van der Waals surface area (Å²) in [5.41, 5.74) is 2.05. The molecule has 1 aromatic carbocycles. The van der Waals surface area contributed by atoms with Crippen molar-refractivity contribution in [2.45, 2.75) is 12.3 Å². The van der Waals surface area contributed by atoms with Crippen LogP contribution in [0.25, 0.3) is 11.3 Å². The molecule has 0 saturated carbocycles. The van der Waals surface area contributed by atoms with E-state index in [-0.39, 0.29) is 0 Å². The van der Waals surface area contributed by atoms with Crippen LogP contribution in [0.3, 0.4) is 0 Å². The van der Waals surface area contributed by atoms with Crippen LogP contribution in [0.2, 0.25) is 0 Å². The number of oxazole rings is 1. The smallest absolute Gasteiger partial charge is 0.199 e. The topological polar surface area (TPSA) is 38.1 Å². The summed E-state index contributed by atoms with van der Waals surface area (Å²) in [5, 5.41) is 3.32. The van der Waals surface area contributed by atoms with E-state index >= 15 is 0 Å². The highest BCUT2D eigenvalue weighted by molar-refractivity contribution is 5.57. The van der Waals surface area contributed by atoms with Crippen molar-refractivity contribution < 1.29 is 4.42 Å². The second-order valence-electron chi connectivity index (χ2n) is 4.13. The van der Waals surface area contributed by atoms with E-state index in [0.29, 0.717) is 5.92 Å². The molecule has 1 N–H and O–H groups in total. The summed E-state index contributed by atoms with van der Waals surface area (Å²) >= 11 is 0. The summed E-state index contributed by atoms with van der Waals surface area (Å²) in [6, 6.07) is 10.1. The van der Waals surface area contributed by atoms with Crippen molar-refractivity contribution in [3.05, 3.63) is 42.5 Å². The van der Waals surface area contributed by atoms with Crippen molar-refractivity contribution in [3.8, 4) is 11.3 Å². The third-order valence-electron chi connectivity index (χ3n) is 3.00. The molecule has 1 fully saturated rings. The van der Waals surface area contributed by atoms with Gasteiger partial charge in [-0.2, -0.15) is 0 Å². The van der Waals surface area contributed by atoms with Gasteiger partial charge in [-0.1, -0.05) is 30.3 Å². The first-order valence-corrected chi connectivity index (χ1v) is 5.65. The van der Waals surface area contributed by atoms with Crippen molar-refractivity contribution in [1.29, 1.82) is 0 Å². The quantitative estimate of drug-likeness (QED) is 0.834. The zero-order valence-electron chi connectivity index (χ0n) is 9.02. The third-order valence-corrected chi connectivity index (χ3v) is 3.00. The zero-order valence-corrected chi connectivity index (χ0v) is 9.02. The standard InChI is InChI=1S/C13H14N2O/c1-2-4-10(5-3-1)12-9-16-13(15-12)11-6-7-14-8-11/h1-5,9,11,14H,6-8H2. The summed E-state index contributed by atoms with van der Waals surface area (Å²) in [4.78, 5) is 4.56. The average Bonchev–Trinajstić information content (AvgIpc) is 3.01. The maximum Gasteiger partial charge on any atom is 0.199 e. The molecule has 1 atom stereocenters. The molecule has 2 aromatic rings. The van der Waals surface area contributed by atoms with E-state index in [1.54, 1.807) is 6.26 Å². The fraction of sp³-hybridized carbons (Fsp3) is 0.308. The minimum atomic E-state index is 0.442. The lowest BCUT2D eigenvalue weighted by atomic mass is 10.1. The summed E-state index contributed by atoms with van der Waals surface area (Å²) < 4.78 is 5.55. The van der Waals surface area contributed by atoms with Gasteiger partial charge in [0.25, 0.3) is 0 Å². The Morgan fingerprint density at radius 2 is 2.12 bits per heavy atom. The summed E-state index contributed by atoms with van der Waals surface area (Å²) in [7, 11) is 0. The first kappa shape index (κ1) is 9.60. The van der Waals surface area contributed by atoms with Crippen LogP contribution >= 0.6 is 0 Å². The minimum Gasteiger partial charge on any atom is -0.448 e. The van der Waals surface area contributed by atoms with Gasteiger partial charge in [-0.05, 0) is 13.0 Å². The zero-order chi connectivity index (χ0) is 10.8. The number of benzene rings is 1. The lowest BCUT2D eigenvalue weighted by Crippen LogP contribution is -2.08. The van der Waals surface area contributed by atoms with Gasteiger partial charge in [-0.25, -0.2) is 4.98 Å². The summed E-state index contributed by atoms with van der Waals surface area (Å²) in [5.74, 6) is 1.31. The van der Waals surface area contributed by atoms with Crippen molar-refractivity contribution in [2.24, 2.45) is 0 Å². The molecule has 0 aliphatic carbocycles. The van der Waals surface area contributed by atoms with Crippen molar-refractivity contribution in [2.75, 3.05) is 13.1 Å². The maximum atomic E-state index is 5.55. The van der Waals surface area contributed by atoms with Crippen LogP contribution in [0, 0.1) is 0 Å². The highest BCUT2D eigenvalue weighted by atomic mass is 16.3. The second kappa shape index (κ2) is 4.10. The van der Waals surface area contributed by atoms with Crippen LogP contribution < -0.4 is 5.32 Å². The van der Waals surface area contributed by atoms with Crippen LogP contribution in [-0.2, 0) is 0 Å². The highest BCUT2D eigenvalue weighted by Crippen LogP contribution is 2.25. The van der Waals surface area contributed by atoms with Gasteiger partial charge in [-0.3, -0.25) is 0 Å². The number of aromatic nitrogens is 1. The SMILES string of the molecule is c1ccc(-c2coc(C3CCNC3)n2)cc1. The molecule has 0 bridgehead atoms. The van der Waals surface area contributed by atoms with E-state index in [4.69, 9.17) is 4.42 Å². The number of nitrogens with zero attached hydrogens (tertiary/aromatic N) is 1. The molecular weight excluding hydrogens is 200 g/mol. The normalized spacial score (nSPS) is 20.1. The molecule has 0 spiro atoms. The lowest BCUT2D eigenvalue weighted by Gasteiger charge is -2.00. The van der Waals surface area contributed by atoms with E-state index in [2.05, 4.69) is 22.4 Å². The Labute approximate surface area is 94.5 Å². The molecule has 16 heavy (non-hydrogen) atoms. The number of hydrogen-bond acceptors (Lipinski definition) is 3. The minimum absolute atomic E-state index is 0.442.